The third-order valence-electron chi connectivity index (χ3n) is 4.42. The Bertz CT molecular complexity index is 550. The van der Waals surface area contributed by atoms with Gasteiger partial charge in [0.05, 0.1) is 6.54 Å². The van der Waals surface area contributed by atoms with E-state index in [0.717, 1.165) is 19.3 Å². The van der Waals surface area contributed by atoms with Crippen LogP contribution in [0.2, 0.25) is 0 Å². The molecule has 0 aliphatic carbocycles. The molecule has 6 nitrogen and oxygen atoms in total. The van der Waals surface area contributed by atoms with Crippen molar-refractivity contribution in [2.24, 2.45) is 0 Å². The summed E-state index contributed by atoms with van der Waals surface area (Å²) >= 11 is 0. The molecule has 1 heterocycles. The maximum Gasteiger partial charge on any atom is 0.255 e. The molecule has 1 aliphatic rings. The molecule has 132 valence electrons. The van der Waals surface area contributed by atoms with Gasteiger partial charge in [-0.15, -0.1) is 0 Å². The van der Waals surface area contributed by atoms with E-state index in [-0.39, 0.29) is 24.9 Å². The zero-order valence-electron chi connectivity index (χ0n) is 14.3. The first-order valence-electron chi connectivity index (χ1n) is 8.52. The minimum Gasteiger partial charge on any atom is -0.379 e. The number of nitrogens with zero attached hydrogens (tertiary/aromatic N) is 1. The standard InChI is InChI=1S/C18H27N3O3/c1-19-16(22)13-20-14-18(24)10-6-12-21(17(18)23)11-5-9-15-7-3-2-4-8-15/h2-4,7-8,20,24H,5-6,9-14H2,1H3,(H,19,22). The van der Waals surface area contributed by atoms with Gasteiger partial charge in [0, 0.05) is 26.7 Å². The SMILES string of the molecule is CNC(=O)CNCC1(O)CCCN(CCCc2ccccc2)C1=O. The predicted octanol–water partition coefficient (Wildman–Crippen LogP) is 0.308. The van der Waals surface area contributed by atoms with Crippen molar-refractivity contribution in [2.45, 2.75) is 31.3 Å². The Hall–Kier alpha value is -1.92. The Morgan fingerprint density at radius 1 is 1.33 bits per heavy atom. The van der Waals surface area contributed by atoms with E-state index in [0.29, 0.717) is 19.5 Å². The third kappa shape index (κ3) is 5.04. The van der Waals surface area contributed by atoms with E-state index in [1.807, 2.05) is 18.2 Å². The first-order chi connectivity index (χ1) is 11.5. The summed E-state index contributed by atoms with van der Waals surface area (Å²) < 4.78 is 0. The molecule has 1 aromatic carbocycles. The van der Waals surface area contributed by atoms with E-state index in [1.165, 1.54) is 5.56 Å². The van der Waals surface area contributed by atoms with Gasteiger partial charge >= 0.3 is 0 Å². The molecule has 1 aliphatic heterocycles. The minimum atomic E-state index is -1.40. The number of aryl methyl sites for hydroxylation is 1. The van der Waals surface area contributed by atoms with Gasteiger partial charge in [-0.2, -0.15) is 0 Å². The largest absolute Gasteiger partial charge is 0.379 e. The Morgan fingerprint density at radius 2 is 2.08 bits per heavy atom. The molecule has 0 bridgehead atoms. The van der Waals surface area contributed by atoms with Crippen molar-refractivity contribution in [3.8, 4) is 0 Å². The van der Waals surface area contributed by atoms with Gasteiger partial charge in [0.2, 0.25) is 5.91 Å². The third-order valence-corrected chi connectivity index (χ3v) is 4.42. The number of rotatable bonds is 8. The van der Waals surface area contributed by atoms with Crippen molar-refractivity contribution in [1.82, 2.24) is 15.5 Å². The van der Waals surface area contributed by atoms with Crippen LogP contribution in [-0.2, 0) is 16.0 Å². The Labute approximate surface area is 143 Å². The van der Waals surface area contributed by atoms with Gasteiger partial charge in [0.25, 0.3) is 5.91 Å². The molecule has 2 rings (SSSR count). The van der Waals surface area contributed by atoms with Crippen LogP contribution >= 0.6 is 0 Å². The number of hydrogen-bond donors (Lipinski definition) is 3. The molecule has 24 heavy (non-hydrogen) atoms. The normalized spacial score (nSPS) is 20.9. The lowest BCUT2D eigenvalue weighted by molar-refractivity contribution is -0.156. The molecule has 0 aromatic heterocycles. The van der Waals surface area contributed by atoms with Crippen LogP contribution in [0.25, 0.3) is 0 Å². The van der Waals surface area contributed by atoms with Crippen molar-refractivity contribution in [2.75, 3.05) is 33.2 Å². The zero-order chi connectivity index (χ0) is 17.4. The summed E-state index contributed by atoms with van der Waals surface area (Å²) in [7, 11) is 1.55. The summed E-state index contributed by atoms with van der Waals surface area (Å²) in [6.07, 6.45) is 2.99. The van der Waals surface area contributed by atoms with E-state index in [4.69, 9.17) is 0 Å². The number of carbonyl (C=O) groups excluding carboxylic acids is 2. The molecule has 0 saturated carbocycles. The average Bonchev–Trinajstić information content (AvgIpc) is 2.59. The minimum absolute atomic E-state index is 0.0973. The molecular formula is C18H27N3O3. The molecular weight excluding hydrogens is 306 g/mol. The fraction of sp³-hybridized carbons (Fsp3) is 0.556. The predicted molar refractivity (Wildman–Crippen MR) is 92.5 cm³/mol. The van der Waals surface area contributed by atoms with Crippen LogP contribution in [0.5, 0.6) is 0 Å². The van der Waals surface area contributed by atoms with Gasteiger partial charge in [0.15, 0.2) is 5.60 Å². The highest BCUT2D eigenvalue weighted by Crippen LogP contribution is 2.22. The lowest BCUT2D eigenvalue weighted by Gasteiger charge is -2.38. The first-order valence-corrected chi connectivity index (χ1v) is 8.52. The molecule has 2 amide bonds. The smallest absolute Gasteiger partial charge is 0.255 e. The summed E-state index contributed by atoms with van der Waals surface area (Å²) in [6.45, 7) is 1.53. The summed E-state index contributed by atoms with van der Waals surface area (Å²) in [6, 6.07) is 10.2. The van der Waals surface area contributed by atoms with Crippen LogP contribution in [0.3, 0.4) is 0 Å². The van der Waals surface area contributed by atoms with Gasteiger partial charge in [-0.25, -0.2) is 0 Å². The van der Waals surface area contributed by atoms with E-state index >= 15 is 0 Å². The van der Waals surface area contributed by atoms with Crippen molar-refractivity contribution >= 4 is 11.8 Å². The van der Waals surface area contributed by atoms with Crippen LogP contribution in [-0.4, -0.2) is 60.6 Å². The topological polar surface area (TPSA) is 81.7 Å². The van der Waals surface area contributed by atoms with Crippen molar-refractivity contribution < 1.29 is 14.7 Å². The van der Waals surface area contributed by atoms with Gasteiger partial charge < -0.3 is 20.6 Å². The lowest BCUT2D eigenvalue weighted by atomic mass is 9.91. The molecule has 1 aromatic rings. The quantitative estimate of drug-likeness (QED) is 0.639. The summed E-state index contributed by atoms with van der Waals surface area (Å²) in [5.74, 6) is -0.396. The average molecular weight is 333 g/mol. The molecule has 1 fully saturated rings. The molecule has 1 atom stereocenters. The number of hydrogen-bond acceptors (Lipinski definition) is 4. The van der Waals surface area contributed by atoms with Crippen LogP contribution in [0.1, 0.15) is 24.8 Å². The second kappa shape index (κ2) is 8.80. The second-order valence-electron chi connectivity index (χ2n) is 6.29. The summed E-state index contributed by atoms with van der Waals surface area (Å²) in [5, 5.41) is 16.0. The van der Waals surface area contributed by atoms with Gasteiger partial charge in [-0.3, -0.25) is 9.59 Å². The maximum absolute atomic E-state index is 12.6. The van der Waals surface area contributed by atoms with Gasteiger partial charge in [0.1, 0.15) is 0 Å². The van der Waals surface area contributed by atoms with Crippen LogP contribution < -0.4 is 10.6 Å². The van der Waals surface area contributed by atoms with Crippen molar-refractivity contribution in [1.29, 1.82) is 0 Å². The number of likely N-dealkylation sites (N-methyl/N-ethyl adjacent to an activating group) is 1. The fourth-order valence-corrected chi connectivity index (χ4v) is 3.03. The Morgan fingerprint density at radius 3 is 2.79 bits per heavy atom. The summed E-state index contributed by atoms with van der Waals surface area (Å²) in [5.41, 5.74) is -0.150. The first kappa shape index (κ1) is 18.4. The molecule has 3 N–H and O–H groups in total. The molecule has 1 saturated heterocycles. The number of likely N-dealkylation sites (tertiary alicyclic amines) is 1. The highest BCUT2D eigenvalue weighted by atomic mass is 16.3. The monoisotopic (exact) mass is 333 g/mol. The van der Waals surface area contributed by atoms with Gasteiger partial charge in [-0.1, -0.05) is 30.3 Å². The number of nitrogens with one attached hydrogen (secondary N) is 2. The van der Waals surface area contributed by atoms with E-state index in [2.05, 4.69) is 22.8 Å². The van der Waals surface area contributed by atoms with Crippen molar-refractivity contribution in [3.63, 3.8) is 0 Å². The Kier molecular flexibility index (Phi) is 6.75. The number of benzene rings is 1. The second-order valence-corrected chi connectivity index (χ2v) is 6.29. The maximum atomic E-state index is 12.6. The molecule has 0 radical (unpaired) electrons. The number of aliphatic hydroxyl groups is 1. The number of carbonyl (C=O) groups is 2. The number of amides is 2. The zero-order valence-corrected chi connectivity index (χ0v) is 14.3. The fourth-order valence-electron chi connectivity index (χ4n) is 3.03. The van der Waals surface area contributed by atoms with E-state index < -0.39 is 5.60 Å². The molecule has 6 heteroatoms. The van der Waals surface area contributed by atoms with Crippen molar-refractivity contribution in [3.05, 3.63) is 35.9 Å². The summed E-state index contributed by atoms with van der Waals surface area (Å²) in [4.78, 5) is 25.5. The van der Waals surface area contributed by atoms with Gasteiger partial charge in [-0.05, 0) is 31.2 Å². The molecule has 0 spiro atoms. The molecule has 1 unspecified atom stereocenters. The van der Waals surface area contributed by atoms with Crippen LogP contribution in [0, 0.1) is 0 Å². The van der Waals surface area contributed by atoms with E-state index in [9.17, 15) is 14.7 Å². The van der Waals surface area contributed by atoms with Crippen LogP contribution in [0.15, 0.2) is 30.3 Å². The van der Waals surface area contributed by atoms with E-state index in [1.54, 1.807) is 11.9 Å². The van der Waals surface area contributed by atoms with Crippen LogP contribution in [0.4, 0.5) is 0 Å². The number of piperidine rings is 1. The highest BCUT2D eigenvalue weighted by molar-refractivity contribution is 5.86. The lowest BCUT2D eigenvalue weighted by Crippen LogP contribution is -2.58. The highest BCUT2D eigenvalue weighted by Gasteiger charge is 2.41. The Balaban J connectivity index is 1.81.